The van der Waals surface area contributed by atoms with Crippen molar-refractivity contribution in [1.29, 1.82) is 0 Å². The van der Waals surface area contributed by atoms with E-state index >= 15 is 0 Å². The lowest BCUT2D eigenvalue weighted by atomic mass is 9.66. The van der Waals surface area contributed by atoms with E-state index in [0.29, 0.717) is 29.2 Å². The van der Waals surface area contributed by atoms with Gasteiger partial charge in [-0.25, -0.2) is 0 Å². The highest BCUT2D eigenvalue weighted by molar-refractivity contribution is 6.34. The molecule has 3 fully saturated rings. The number of anilines is 2. The summed E-state index contributed by atoms with van der Waals surface area (Å²) in [6, 6.07) is 13.6. The Labute approximate surface area is 245 Å². The first kappa shape index (κ1) is 29.0. The summed E-state index contributed by atoms with van der Waals surface area (Å²) in [5, 5.41) is 10.4. The van der Waals surface area contributed by atoms with Gasteiger partial charge in [-0.3, -0.25) is 14.4 Å². The van der Waals surface area contributed by atoms with Gasteiger partial charge in [0, 0.05) is 25.3 Å². The van der Waals surface area contributed by atoms with Gasteiger partial charge in [-0.05, 0) is 50.5 Å². The third-order valence-electron chi connectivity index (χ3n) is 8.80. The number of nitrogens with zero attached hydrogens (tertiary/aromatic N) is 3. The van der Waals surface area contributed by atoms with Gasteiger partial charge >= 0.3 is 0 Å². The van der Waals surface area contributed by atoms with E-state index in [1.54, 1.807) is 23.1 Å². The number of benzene rings is 2. The number of halogens is 1. The van der Waals surface area contributed by atoms with E-state index in [4.69, 9.17) is 16.3 Å². The number of aliphatic hydroxyl groups is 1. The van der Waals surface area contributed by atoms with E-state index in [9.17, 15) is 19.5 Å². The lowest BCUT2D eigenvalue weighted by molar-refractivity contribution is -0.145. The zero-order valence-corrected chi connectivity index (χ0v) is 24.2. The van der Waals surface area contributed by atoms with Crippen LogP contribution >= 0.6 is 11.6 Å². The monoisotopic (exact) mass is 577 g/mol. The van der Waals surface area contributed by atoms with Crippen LogP contribution in [-0.2, 0) is 19.1 Å². The number of aryl methyl sites for hydroxylation is 1. The van der Waals surface area contributed by atoms with Crippen molar-refractivity contribution in [3.63, 3.8) is 0 Å². The Morgan fingerprint density at radius 3 is 2.39 bits per heavy atom. The highest BCUT2D eigenvalue weighted by Gasteiger charge is 2.78. The summed E-state index contributed by atoms with van der Waals surface area (Å²) in [5.41, 5.74) is -0.167. The molecule has 3 amide bonds. The molecule has 8 nitrogen and oxygen atoms in total. The standard InChI is InChI=1S/C32H36ClN3O5/c1-5-17-34(22-12-8-7-9-13-22)28(38)24-25-29(39)36(19-20-37)27(32(25)16-15-31(24,4)41-32)30(40)35(18-6-2)26-21(3)11-10-14-23(26)33/h5-14,24-25,27,37H,1-2,15-20H2,3-4H3/t24-,25+,27?,31+,32?/m1/s1. The van der Waals surface area contributed by atoms with Crippen LogP contribution in [0, 0.1) is 18.8 Å². The Morgan fingerprint density at radius 1 is 1.07 bits per heavy atom. The molecule has 3 aliphatic rings. The molecule has 3 heterocycles. The van der Waals surface area contributed by atoms with Crippen LogP contribution in [0.2, 0.25) is 5.02 Å². The fourth-order valence-electron chi connectivity index (χ4n) is 7.19. The molecule has 1 spiro atoms. The maximum absolute atomic E-state index is 14.6. The Balaban J connectivity index is 1.60. The third kappa shape index (κ3) is 4.49. The van der Waals surface area contributed by atoms with Crippen LogP contribution in [0.1, 0.15) is 25.3 Å². The topological polar surface area (TPSA) is 90.4 Å². The summed E-state index contributed by atoms with van der Waals surface area (Å²) in [6.45, 7) is 11.4. The normalized spacial score (nSPS) is 28.0. The number of β-amino-alcohol motifs (C(OH)–C–C–N with tert-alkyl or cyclic N) is 1. The molecular formula is C32H36ClN3O5. The van der Waals surface area contributed by atoms with E-state index in [2.05, 4.69) is 13.2 Å². The molecule has 3 aliphatic heterocycles. The summed E-state index contributed by atoms with van der Waals surface area (Å²) >= 11 is 6.60. The summed E-state index contributed by atoms with van der Waals surface area (Å²) in [6.07, 6.45) is 4.19. The number of aliphatic hydroxyl groups excluding tert-OH is 1. The second kappa shape index (κ2) is 11.1. The SMILES string of the molecule is C=CCN(C(=O)[C@H]1[C@H]2C(=O)N(CCO)C(C(=O)N(CC=C)c3c(C)cccc3Cl)C23CC[C@]1(C)O3)c1ccccc1. The third-order valence-corrected chi connectivity index (χ3v) is 9.10. The van der Waals surface area contributed by atoms with Crippen molar-refractivity contribution in [2.24, 2.45) is 11.8 Å². The molecule has 0 saturated carbocycles. The number of hydrogen-bond acceptors (Lipinski definition) is 5. The van der Waals surface area contributed by atoms with Crippen molar-refractivity contribution >= 4 is 40.7 Å². The smallest absolute Gasteiger partial charge is 0.253 e. The molecule has 0 aliphatic carbocycles. The minimum absolute atomic E-state index is 0.0625. The quantitative estimate of drug-likeness (QED) is 0.429. The second-order valence-corrected chi connectivity index (χ2v) is 11.6. The number of para-hydroxylation sites is 2. The Bertz CT molecular complexity index is 1360. The predicted octanol–water partition coefficient (Wildman–Crippen LogP) is 4.14. The van der Waals surface area contributed by atoms with Gasteiger partial charge in [0.2, 0.25) is 11.8 Å². The van der Waals surface area contributed by atoms with Crippen molar-refractivity contribution in [2.75, 3.05) is 36.0 Å². The van der Waals surface area contributed by atoms with Gasteiger partial charge in [-0.2, -0.15) is 0 Å². The van der Waals surface area contributed by atoms with Gasteiger partial charge in [0.1, 0.15) is 11.6 Å². The number of fused-ring (bicyclic) bond motifs is 1. The molecule has 2 aromatic rings. The Hall–Kier alpha value is -3.46. The molecule has 2 aromatic carbocycles. The van der Waals surface area contributed by atoms with Crippen LogP contribution in [0.4, 0.5) is 11.4 Å². The molecule has 2 bridgehead atoms. The fourth-order valence-corrected chi connectivity index (χ4v) is 7.51. The van der Waals surface area contributed by atoms with Crippen molar-refractivity contribution in [1.82, 2.24) is 4.90 Å². The van der Waals surface area contributed by atoms with Crippen molar-refractivity contribution in [3.8, 4) is 0 Å². The van der Waals surface area contributed by atoms with Crippen molar-refractivity contribution in [2.45, 2.75) is 43.9 Å². The Morgan fingerprint density at radius 2 is 1.76 bits per heavy atom. The Kier molecular flexibility index (Phi) is 7.85. The zero-order valence-electron chi connectivity index (χ0n) is 23.5. The molecule has 5 rings (SSSR count). The zero-order chi connectivity index (χ0) is 29.5. The average Bonchev–Trinajstić information content (AvgIpc) is 3.52. The molecule has 5 atom stereocenters. The number of carbonyl (C=O) groups is 3. The van der Waals surface area contributed by atoms with Gasteiger partial charge < -0.3 is 24.5 Å². The summed E-state index contributed by atoms with van der Waals surface area (Å²) in [5.74, 6) is -2.70. The van der Waals surface area contributed by atoms with E-state index in [-0.39, 0.29) is 44.0 Å². The molecule has 216 valence electrons. The van der Waals surface area contributed by atoms with E-state index in [0.717, 1.165) is 5.56 Å². The van der Waals surface area contributed by atoms with Gasteiger partial charge in [0.15, 0.2) is 0 Å². The van der Waals surface area contributed by atoms with Gasteiger partial charge in [-0.15, -0.1) is 13.2 Å². The van der Waals surface area contributed by atoms with Crippen LogP contribution in [0.5, 0.6) is 0 Å². The van der Waals surface area contributed by atoms with E-state index in [1.165, 1.54) is 9.80 Å². The molecular weight excluding hydrogens is 542 g/mol. The molecule has 9 heteroatoms. The summed E-state index contributed by atoms with van der Waals surface area (Å²) < 4.78 is 6.75. The number of likely N-dealkylation sites (tertiary alicyclic amines) is 1. The van der Waals surface area contributed by atoms with Crippen LogP contribution in [-0.4, -0.2) is 71.2 Å². The van der Waals surface area contributed by atoms with Crippen LogP contribution < -0.4 is 9.80 Å². The number of rotatable bonds is 10. The highest BCUT2D eigenvalue weighted by Crippen LogP contribution is 2.63. The highest BCUT2D eigenvalue weighted by atomic mass is 35.5. The summed E-state index contributed by atoms with van der Waals surface area (Å²) in [7, 11) is 0. The predicted molar refractivity (Wildman–Crippen MR) is 159 cm³/mol. The van der Waals surface area contributed by atoms with Crippen LogP contribution in [0.3, 0.4) is 0 Å². The number of amides is 3. The van der Waals surface area contributed by atoms with E-state index in [1.807, 2.05) is 56.3 Å². The molecule has 2 unspecified atom stereocenters. The molecule has 1 N–H and O–H groups in total. The average molecular weight is 578 g/mol. The number of carbonyl (C=O) groups excluding carboxylic acids is 3. The van der Waals surface area contributed by atoms with Gasteiger partial charge in [0.05, 0.1) is 34.8 Å². The van der Waals surface area contributed by atoms with Crippen LogP contribution in [0.25, 0.3) is 0 Å². The first-order chi connectivity index (χ1) is 19.6. The molecule has 0 aromatic heterocycles. The second-order valence-electron chi connectivity index (χ2n) is 11.2. The number of ether oxygens (including phenoxy) is 1. The molecule has 41 heavy (non-hydrogen) atoms. The lowest BCUT2D eigenvalue weighted by Crippen LogP contribution is -2.57. The number of hydrogen-bond donors (Lipinski definition) is 1. The van der Waals surface area contributed by atoms with Crippen LogP contribution in [0.15, 0.2) is 73.8 Å². The van der Waals surface area contributed by atoms with Crippen molar-refractivity contribution in [3.05, 3.63) is 84.4 Å². The largest absolute Gasteiger partial charge is 0.395 e. The van der Waals surface area contributed by atoms with Gasteiger partial charge in [0.25, 0.3) is 5.91 Å². The first-order valence-electron chi connectivity index (χ1n) is 13.9. The lowest BCUT2D eigenvalue weighted by Gasteiger charge is -2.37. The van der Waals surface area contributed by atoms with Gasteiger partial charge in [-0.1, -0.05) is 54.1 Å². The maximum Gasteiger partial charge on any atom is 0.253 e. The van der Waals surface area contributed by atoms with E-state index < -0.39 is 29.1 Å². The molecule has 0 radical (unpaired) electrons. The van der Waals surface area contributed by atoms with Crippen molar-refractivity contribution < 1.29 is 24.2 Å². The minimum atomic E-state index is -1.23. The minimum Gasteiger partial charge on any atom is -0.395 e. The fraction of sp³-hybridized carbons (Fsp3) is 0.406. The molecule has 3 saturated heterocycles. The maximum atomic E-state index is 14.6. The summed E-state index contributed by atoms with van der Waals surface area (Å²) in [4.78, 5) is 47.7. The first-order valence-corrected chi connectivity index (χ1v) is 14.3.